The number of aliphatic imine (C=N–C) groups is 1. The fraction of sp³-hybridized carbons (Fsp3) is 0.800. The van der Waals surface area contributed by atoms with Gasteiger partial charge >= 0.3 is 0 Å². The second-order valence-corrected chi connectivity index (χ2v) is 2.00. The highest BCUT2D eigenvalue weighted by Crippen LogP contribution is 1.72. The van der Waals surface area contributed by atoms with Crippen molar-refractivity contribution in [1.29, 1.82) is 0 Å². The molecule has 7 heavy (non-hydrogen) atoms. The average Bonchev–Trinajstić information content (AvgIpc) is 1.91. The highest BCUT2D eigenvalue weighted by atomic mass is 15.2. The molecule has 0 saturated carbocycles. The molecule has 0 aromatic rings. The van der Waals surface area contributed by atoms with Crippen LogP contribution in [0.3, 0.4) is 0 Å². The maximum Gasteiger partial charge on any atom is 0.193 e. The first-order valence-corrected chi connectivity index (χ1v) is 2.64. The van der Waals surface area contributed by atoms with E-state index in [2.05, 4.69) is 19.0 Å². The summed E-state index contributed by atoms with van der Waals surface area (Å²) in [5.74, 6) is 1.25. The van der Waals surface area contributed by atoms with E-state index >= 15 is 0 Å². The van der Waals surface area contributed by atoms with Crippen LogP contribution in [0.1, 0.15) is 6.92 Å². The maximum atomic E-state index is 4.20. The molecule has 40 valence electrons. The van der Waals surface area contributed by atoms with Gasteiger partial charge in [0.15, 0.2) is 5.84 Å². The summed E-state index contributed by atoms with van der Waals surface area (Å²) in [7, 11) is 2.14. The first-order valence-electron chi connectivity index (χ1n) is 2.64. The van der Waals surface area contributed by atoms with E-state index in [4.69, 9.17) is 0 Å². The Balaban J connectivity index is 2.54. The molecule has 0 fully saturated rings. The predicted molar refractivity (Wildman–Crippen MR) is 29.7 cm³/mol. The van der Waals surface area contributed by atoms with E-state index in [9.17, 15) is 0 Å². The minimum absolute atomic E-state index is 1.03. The van der Waals surface area contributed by atoms with Crippen molar-refractivity contribution >= 4 is 5.84 Å². The van der Waals surface area contributed by atoms with Crippen LogP contribution >= 0.6 is 0 Å². The Bertz CT molecular complexity index is 96.3. The number of nitrogens with zero attached hydrogens (tertiary/aromatic N) is 1. The van der Waals surface area contributed by atoms with Gasteiger partial charge in [-0.15, -0.1) is 0 Å². The quantitative estimate of drug-likeness (QED) is 0.398. The monoisotopic (exact) mass is 99.1 g/mol. The van der Waals surface area contributed by atoms with Gasteiger partial charge in [0.05, 0.1) is 13.6 Å². The molecule has 0 spiro atoms. The molecule has 1 rings (SSSR count). The van der Waals surface area contributed by atoms with Gasteiger partial charge in [-0.1, -0.05) is 0 Å². The van der Waals surface area contributed by atoms with Crippen LogP contribution in [-0.4, -0.2) is 26.0 Å². The molecule has 2 heteroatoms. The Morgan fingerprint density at radius 3 is 2.57 bits per heavy atom. The molecule has 1 unspecified atom stereocenters. The summed E-state index contributed by atoms with van der Waals surface area (Å²) in [6.45, 7) is 4.28. The lowest BCUT2D eigenvalue weighted by molar-refractivity contribution is -0.774. The van der Waals surface area contributed by atoms with Gasteiger partial charge < -0.3 is 0 Å². The molecule has 0 aromatic carbocycles. The summed E-state index contributed by atoms with van der Waals surface area (Å²) in [5.41, 5.74) is 0. The van der Waals surface area contributed by atoms with Crippen molar-refractivity contribution in [3.05, 3.63) is 0 Å². The van der Waals surface area contributed by atoms with Gasteiger partial charge in [-0.3, -0.25) is 4.90 Å². The van der Waals surface area contributed by atoms with Gasteiger partial charge in [-0.2, -0.15) is 0 Å². The zero-order valence-corrected chi connectivity index (χ0v) is 4.86. The number of amidine groups is 1. The van der Waals surface area contributed by atoms with Crippen molar-refractivity contribution in [2.75, 3.05) is 20.1 Å². The summed E-state index contributed by atoms with van der Waals surface area (Å²) >= 11 is 0. The molecular formula is C5H11N2+. The lowest BCUT2D eigenvalue weighted by Gasteiger charge is -2.00. The minimum Gasteiger partial charge on any atom is -0.291 e. The molecule has 1 atom stereocenters. The number of rotatable bonds is 0. The van der Waals surface area contributed by atoms with E-state index < -0.39 is 0 Å². The summed E-state index contributed by atoms with van der Waals surface area (Å²) in [6.07, 6.45) is 0. The number of quaternary nitrogens is 1. The zero-order valence-electron chi connectivity index (χ0n) is 4.86. The number of nitrogens with one attached hydrogen (secondary N) is 1. The molecule has 1 N–H and O–H groups in total. The molecule has 1 heterocycles. The van der Waals surface area contributed by atoms with Crippen molar-refractivity contribution in [1.82, 2.24) is 0 Å². The van der Waals surface area contributed by atoms with Crippen LogP contribution in [0.4, 0.5) is 0 Å². The number of hydrogen-bond donors (Lipinski definition) is 1. The molecule has 0 aliphatic carbocycles. The van der Waals surface area contributed by atoms with Crippen LogP contribution in [0.2, 0.25) is 0 Å². The Kier molecular flexibility index (Phi) is 1.11. The van der Waals surface area contributed by atoms with E-state index in [1.54, 1.807) is 0 Å². The minimum atomic E-state index is 1.03. The van der Waals surface area contributed by atoms with Crippen LogP contribution in [0.25, 0.3) is 0 Å². The largest absolute Gasteiger partial charge is 0.291 e. The third-order valence-corrected chi connectivity index (χ3v) is 1.45. The Labute approximate surface area is 43.8 Å². The van der Waals surface area contributed by atoms with Crippen molar-refractivity contribution in [3.63, 3.8) is 0 Å². The van der Waals surface area contributed by atoms with Gasteiger partial charge in [-0.25, -0.2) is 4.99 Å². The van der Waals surface area contributed by atoms with Crippen LogP contribution in [0, 0.1) is 0 Å². The maximum absolute atomic E-state index is 4.20. The smallest absolute Gasteiger partial charge is 0.193 e. The van der Waals surface area contributed by atoms with Gasteiger partial charge in [-0.05, 0) is 0 Å². The van der Waals surface area contributed by atoms with E-state index in [0.717, 1.165) is 6.54 Å². The number of likely N-dealkylation sites (N-methyl/N-ethyl adjacent to an activating group) is 1. The Morgan fingerprint density at radius 1 is 1.71 bits per heavy atom. The molecule has 0 saturated heterocycles. The summed E-state index contributed by atoms with van der Waals surface area (Å²) in [6, 6.07) is 0. The second-order valence-electron chi connectivity index (χ2n) is 2.00. The fourth-order valence-corrected chi connectivity index (χ4v) is 0.707. The van der Waals surface area contributed by atoms with Gasteiger partial charge in [0, 0.05) is 6.92 Å². The zero-order chi connectivity index (χ0) is 5.28. The van der Waals surface area contributed by atoms with Gasteiger partial charge in [0.2, 0.25) is 0 Å². The van der Waals surface area contributed by atoms with E-state index in [1.807, 2.05) is 0 Å². The second kappa shape index (κ2) is 1.62. The summed E-state index contributed by atoms with van der Waals surface area (Å²) in [4.78, 5) is 5.66. The van der Waals surface area contributed by atoms with Crippen LogP contribution in [0.5, 0.6) is 0 Å². The standard InChI is InChI=1S/C5H10N2/c1-5-6-3-4-7(5)2/h3-4H2,1-2H3/p+1. The average molecular weight is 99.2 g/mol. The first-order chi connectivity index (χ1) is 3.30. The van der Waals surface area contributed by atoms with E-state index in [0.29, 0.717) is 0 Å². The molecular weight excluding hydrogens is 88.1 g/mol. The first kappa shape index (κ1) is 4.78. The van der Waals surface area contributed by atoms with Gasteiger partial charge in [0.1, 0.15) is 6.54 Å². The van der Waals surface area contributed by atoms with Crippen molar-refractivity contribution in [3.8, 4) is 0 Å². The molecule has 1 aliphatic rings. The predicted octanol–water partition coefficient (Wildman–Crippen LogP) is -1.07. The summed E-state index contributed by atoms with van der Waals surface area (Å²) in [5, 5.41) is 0. The van der Waals surface area contributed by atoms with Crippen molar-refractivity contribution < 1.29 is 4.90 Å². The lowest BCUT2D eigenvalue weighted by Crippen LogP contribution is -3.09. The van der Waals surface area contributed by atoms with Crippen LogP contribution in [-0.2, 0) is 0 Å². The normalized spacial score (nSPS) is 30.6. The molecule has 0 amide bonds. The van der Waals surface area contributed by atoms with Crippen LogP contribution in [0.15, 0.2) is 4.99 Å². The van der Waals surface area contributed by atoms with Crippen LogP contribution < -0.4 is 4.90 Å². The molecule has 1 aliphatic heterocycles. The highest BCUT2D eigenvalue weighted by Gasteiger charge is 2.10. The molecule has 0 radical (unpaired) electrons. The van der Waals surface area contributed by atoms with E-state index in [1.165, 1.54) is 17.3 Å². The van der Waals surface area contributed by atoms with Crippen molar-refractivity contribution in [2.24, 2.45) is 4.99 Å². The SMILES string of the molecule is CC1=NCC[NH+]1C. The lowest BCUT2D eigenvalue weighted by atomic mass is 10.6. The third-order valence-electron chi connectivity index (χ3n) is 1.45. The Hall–Kier alpha value is -0.370. The fourth-order valence-electron chi connectivity index (χ4n) is 0.707. The topological polar surface area (TPSA) is 16.8 Å². The summed E-state index contributed by atoms with van der Waals surface area (Å²) < 4.78 is 0. The highest BCUT2D eigenvalue weighted by molar-refractivity contribution is 5.71. The molecule has 0 bridgehead atoms. The number of hydrogen-bond acceptors (Lipinski definition) is 1. The van der Waals surface area contributed by atoms with E-state index in [-0.39, 0.29) is 0 Å². The Morgan fingerprint density at radius 2 is 2.43 bits per heavy atom. The molecule has 0 aromatic heterocycles. The van der Waals surface area contributed by atoms with Crippen molar-refractivity contribution in [2.45, 2.75) is 6.92 Å². The third kappa shape index (κ3) is 0.800. The van der Waals surface area contributed by atoms with Gasteiger partial charge in [0.25, 0.3) is 0 Å². The molecule has 2 nitrogen and oxygen atoms in total.